The van der Waals surface area contributed by atoms with Crippen molar-refractivity contribution < 1.29 is 4.79 Å². The van der Waals surface area contributed by atoms with Crippen LogP contribution in [0.4, 0.5) is 0 Å². The maximum Gasteiger partial charge on any atom is 0.270 e. The molecule has 0 fully saturated rings. The molecule has 0 spiro atoms. The van der Waals surface area contributed by atoms with E-state index in [4.69, 9.17) is 12.2 Å². The molecule has 0 aliphatic carbocycles. The lowest BCUT2D eigenvalue weighted by atomic mass is 10.0. The van der Waals surface area contributed by atoms with Gasteiger partial charge >= 0.3 is 0 Å². The Morgan fingerprint density at radius 2 is 1.67 bits per heavy atom. The number of fused-ring (bicyclic) bond motifs is 1. The highest BCUT2D eigenvalue weighted by Crippen LogP contribution is 2.18. The molecule has 0 saturated carbocycles. The van der Waals surface area contributed by atoms with Crippen molar-refractivity contribution in [3.05, 3.63) is 48.0 Å². The number of benzene rings is 2. The molecule has 2 rings (SSSR count). The smallest absolute Gasteiger partial charge is 0.270 e. The van der Waals surface area contributed by atoms with Gasteiger partial charge in [0.25, 0.3) is 5.91 Å². The molecule has 110 valence electrons. The monoisotopic (exact) mass is 301 g/mol. The fraction of sp³-hybridized carbons (Fsp3) is 0.250. The van der Waals surface area contributed by atoms with Gasteiger partial charge in [-0.3, -0.25) is 15.6 Å². The van der Waals surface area contributed by atoms with Crippen LogP contribution in [-0.4, -0.2) is 16.6 Å². The molecule has 0 saturated heterocycles. The van der Waals surface area contributed by atoms with E-state index in [-0.39, 0.29) is 11.4 Å². The minimum atomic E-state index is -0.218. The molecule has 2 aromatic carbocycles. The van der Waals surface area contributed by atoms with Gasteiger partial charge in [0.15, 0.2) is 5.11 Å². The zero-order valence-electron chi connectivity index (χ0n) is 12.4. The first kappa shape index (κ1) is 15.3. The summed E-state index contributed by atoms with van der Waals surface area (Å²) in [6, 6.07) is 13.4. The molecule has 2 aromatic rings. The lowest BCUT2D eigenvalue weighted by molar-refractivity contribution is 0.0945. The minimum absolute atomic E-state index is 0.158. The van der Waals surface area contributed by atoms with E-state index in [0.29, 0.717) is 10.7 Å². The van der Waals surface area contributed by atoms with Crippen LogP contribution in [0, 0.1) is 0 Å². The van der Waals surface area contributed by atoms with Crippen molar-refractivity contribution >= 4 is 34.0 Å². The number of rotatable bonds is 1. The number of hydrogen-bond donors (Lipinski definition) is 3. The van der Waals surface area contributed by atoms with E-state index in [1.807, 2.05) is 57.2 Å². The number of amides is 1. The fourth-order valence-corrected chi connectivity index (χ4v) is 2.33. The molecule has 4 nitrogen and oxygen atoms in total. The lowest BCUT2D eigenvalue weighted by Gasteiger charge is -2.23. The third-order valence-corrected chi connectivity index (χ3v) is 3.02. The number of carbonyl (C=O) groups excluding carboxylic acids is 1. The van der Waals surface area contributed by atoms with E-state index in [1.54, 1.807) is 6.07 Å². The average Bonchev–Trinajstić information content (AvgIpc) is 2.42. The molecule has 0 heterocycles. The van der Waals surface area contributed by atoms with Crippen LogP contribution >= 0.6 is 12.2 Å². The maximum atomic E-state index is 12.3. The van der Waals surface area contributed by atoms with Gasteiger partial charge in [-0.2, -0.15) is 0 Å². The Kier molecular flexibility index (Phi) is 4.43. The number of thiocarbonyl (C=S) groups is 1. The summed E-state index contributed by atoms with van der Waals surface area (Å²) in [5, 5.41) is 5.39. The number of hydrogen-bond acceptors (Lipinski definition) is 2. The normalized spacial score (nSPS) is 11.0. The van der Waals surface area contributed by atoms with Gasteiger partial charge in [-0.15, -0.1) is 0 Å². The standard InChI is InChI=1S/C16H19N3OS/c1-16(2,3)17-15(21)19-18-14(20)13-10-6-8-11-7-4-5-9-12(11)13/h4-10H,1-3H3,(H,18,20)(H2,17,19,21). The van der Waals surface area contributed by atoms with Crippen molar-refractivity contribution in [3.63, 3.8) is 0 Å². The first-order valence-electron chi connectivity index (χ1n) is 6.73. The predicted molar refractivity (Wildman–Crippen MR) is 90.0 cm³/mol. The van der Waals surface area contributed by atoms with Gasteiger partial charge in [0.1, 0.15) is 0 Å². The van der Waals surface area contributed by atoms with Crippen molar-refractivity contribution in [2.24, 2.45) is 0 Å². The van der Waals surface area contributed by atoms with Gasteiger partial charge in [-0.1, -0.05) is 36.4 Å². The summed E-state index contributed by atoms with van der Waals surface area (Å²) in [6.07, 6.45) is 0. The number of hydrazine groups is 1. The van der Waals surface area contributed by atoms with Crippen LogP contribution < -0.4 is 16.2 Å². The highest BCUT2D eigenvalue weighted by molar-refractivity contribution is 7.80. The molecule has 21 heavy (non-hydrogen) atoms. The largest absolute Gasteiger partial charge is 0.357 e. The average molecular weight is 301 g/mol. The van der Waals surface area contributed by atoms with Gasteiger partial charge < -0.3 is 5.32 Å². The van der Waals surface area contributed by atoms with E-state index < -0.39 is 0 Å². The van der Waals surface area contributed by atoms with Crippen molar-refractivity contribution in [1.29, 1.82) is 0 Å². The zero-order valence-corrected chi connectivity index (χ0v) is 13.2. The molecule has 1 amide bonds. The lowest BCUT2D eigenvalue weighted by Crippen LogP contribution is -2.52. The summed E-state index contributed by atoms with van der Waals surface area (Å²) in [5.41, 5.74) is 5.80. The van der Waals surface area contributed by atoms with Crippen molar-refractivity contribution in [3.8, 4) is 0 Å². The van der Waals surface area contributed by atoms with E-state index in [0.717, 1.165) is 10.8 Å². The summed E-state index contributed by atoms with van der Waals surface area (Å²) < 4.78 is 0. The molecule has 0 aromatic heterocycles. The van der Waals surface area contributed by atoms with Crippen molar-refractivity contribution in [2.45, 2.75) is 26.3 Å². The van der Waals surface area contributed by atoms with Crippen LogP contribution in [-0.2, 0) is 0 Å². The first-order chi connectivity index (χ1) is 9.87. The number of carbonyl (C=O) groups is 1. The van der Waals surface area contributed by atoms with Crippen LogP contribution in [0.2, 0.25) is 0 Å². The summed E-state index contributed by atoms with van der Waals surface area (Å²) in [6.45, 7) is 5.98. The Labute approximate surface area is 129 Å². The second-order valence-electron chi connectivity index (χ2n) is 5.81. The fourth-order valence-electron chi connectivity index (χ4n) is 1.98. The number of nitrogens with one attached hydrogen (secondary N) is 3. The molecule has 3 N–H and O–H groups in total. The Bertz CT molecular complexity index is 671. The Morgan fingerprint density at radius 1 is 1.00 bits per heavy atom. The Hall–Kier alpha value is -2.14. The molecule has 0 atom stereocenters. The second kappa shape index (κ2) is 6.10. The Balaban J connectivity index is 2.08. The summed E-state index contributed by atoms with van der Waals surface area (Å²) in [7, 11) is 0. The molecule has 0 bridgehead atoms. The topological polar surface area (TPSA) is 53.2 Å². The highest BCUT2D eigenvalue weighted by Gasteiger charge is 2.13. The van der Waals surface area contributed by atoms with Crippen LogP contribution in [0.15, 0.2) is 42.5 Å². The highest BCUT2D eigenvalue weighted by atomic mass is 32.1. The van der Waals surface area contributed by atoms with Crippen LogP contribution in [0.5, 0.6) is 0 Å². The summed E-state index contributed by atoms with van der Waals surface area (Å²) >= 11 is 5.13. The predicted octanol–water partition coefficient (Wildman–Crippen LogP) is 2.75. The third-order valence-electron chi connectivity index (χ3n) is 2.81. The zero-order chi connectivity index (χ0) is 15.5. The molecular formula is C16H19N3OS. The Morgan fingerprint density at radius 3 is 2.38 bits per heavy atom. The second-order valence-corrected chi connectivity index (χ2v) is 6.22. The molecule has 0 unspecified atom stereocenters. The van der Waals surface area contributed by atoms with Gasteiger partial charge in [0.2, 0.25) is 0 Å². The van der Waals surface area contributed by atoms with E-state index >= 15 is 0 Å². The summed E-state index contributed by atoms with van der Waals surface area (Å²) in [4.78, 5) is 12.3. The van der Waals surface area contributed by atoms with Gasteiger partial charge in [-0.05, 0) is 49.8 Å². The first-order valence-corrected chi connectivity index (χ1v) is 7.14. The van der Waals surface area contributed by atoms with Gasteiger partial charge in [-0.25, -0.2) is 0 Å². The van der Waals surface area contributed by atoms with E-state index in [9.17, 15) is 4.79 Å². The summed E-state index contributed by atoms with van der Waals surface area (Å²) in [5.74, 6) is -0.218. The van der Waals surface area contributed by atoms with Crippen molar-refractivity contribution in [2.75, 3.05) is 0 Å². The molecule has 5 heteroatoms. The SMILES string of the molecule is CC(C)(C)NC(=S)NNC(=O)c1cccc2ccccc12. The quantitative estimate of drug-likeness (QED) is 0.560. The van der Waals surface area contributed by atoms with Gasteiger partial charge in [0, 0.05) is 11.1 Å². The molecule has 0 aliphatic heterocycles. The molecule has 0 radical (unpaired) electrons. The van der Waals surface area contributed by atoms with E-state index in [1.165, 1.54) is 0 Å². The van der Waals surface area contributed by atoms with Gasteiger partial charge in [0.05, 0.1) is 0 Å². The van der Waals surface area contributed by atoms with E-state index in [2.05, 4.69) is 16.2 Å². The minimum Gasteiger partial charge on any atom is -0.357 e. The van der Waals surface area contributed by atoms with Crippen LogP contribution in [0.25, 0.3) is 10.8 Å². The van der Waals surface area contributed by atoms with Crippen LogP contribution in [0.1, 0.15) is 31.1 Å². The van der Waals surface area contributed by atoms with Crippen molar-refractivity contribution in [1.82, 2.24) is 16.2 Å². The third kappa shape index (κ3) is 4.16. The molecule has 0 aliphatic rings. The maximum absolute atomic E-state index is 12.3. The van der Waals surface area contributed by atoms with Crippen LogP contribution in [0.3, 0.4) is 0 Å². The molecular weight excluding hydrogens is 282 g/mol.